The summed E-state index contributed by atoms with van der Waals surface area (Å²) < 4.78 is 0. The standard InChI is InChI=1S/C18H19N3O4/c1-3-12(2)15-9-4-5-10-16(15)20-18(23)17(22)19-13-7-6-8-14(11-13)21(24)25/h4-12H,3H2,1-2H3,(H,19,22)(H,20,23). The van der Waals surface area contributed by atoms with Crippen LogP contribution in [0.5, 0.6) is 0 Å². The molecule has 2 rings (SSSR count). The minimum Gasteiger partial charge on any atom is -0.318 e. The normalized spacial score (nSPS) is 11.4. The molecule has 0 fully saturated rings. The maximum Gasteiger partial charge on any atom is 0.314 e. The van der Waals surface area contributed by atoms with E-state index in [4.69, 9.17) is 0 Å². The Labute approximate surface area is 145 Å². The van der Waals surface area contributed by atoms with E-state index in [1.54, 1.807) is 12.1 Å². The van der Waals surface area contributed by atoms with Crippen molar-refractivity contribution >= 4 is 28.9 Å². The number of amides is 2. The van der Waals surface area contributed by atoms with Gasteiger partial charge in [-0.1, -0.05) is 38.1 Å². The van der Waals surface area contributed by atoms with Crippen LogP contribution in [-0.2, 0) is 9.59 Å². The van der Waals surface area contributed by atoms with Crippen LogP contribution in [0, 0.1) is 10.1 Å². The van der Waals surface area contributed by atoms with Gasteiger partial charge in [0.25, 0.3) is 5.69 Å². The molecule has 7 nitrogen and oxygen atoms in total. The van der Waals surface area contributed by atoms with E-state index in [2.05, 4.69) is 10.6 Å². The predicted octanol–water partition coefficient (Wildman–Crippen LogP) is 3.69. The molecule has 130 valence electrons. The average molecular weight is 341 g/mol. The number of para-hydroxylation sites is 1. The molecule has 0 aliphatic heterocycles. The van der Waals surface area contributed by atoms with Gasteiger partial charge < -0.3 is 10.6 Å². The Balaban J connectivity index is 2.10. The van der Waals surface area contributed by atoms with Gasteiger partial charge in [0, 0.05) is 23.5 Å². The van der Waals surface area contributed by atoms with Crippen molar-refractivity contribution in [3.05, 3.63) is 64.2 Å². The molecule has 7 heteroatoms. The molecule has 2 amide bonds. The Morgan fingerprint density at radius 2 is 1.76 bits per heavy atom. The van der Waals surface area contributed by atoms with E-state index in [1.165, 1.54) is 24.3 Å². The Bertz CT molecular complexity index is 804. The maximum atomic E-state index is 12.1. The molecular formula is C18H19N3O4. The van der Waals surface area contributed by atoms with Crippen molar-refractivity contribution in [3.63, 3.8) is 0 Å². The fourth-order valence-corrected chi connectivity index (χ4v) is 2.32. The van der Waals surface area contributed by atoms with Crippen LogP contribution >= 0.6 is 0 Å². The summed E-state index contributed by atoms with van der Waals surface area (Å²) >= 11 is 0. The summed E-state index contributed by atoms with van der Waals surface area (Å²) in [6, 6.07) is 12.7. The van der Waals surface area contributed by atoms with Crippen LogP contribution in [0.15, 0.2) is 48.5 Å². The minimum absolute atomic E-state index is 0.166. The predicted molar refractivity (Wildman–Crippen MR) is 95.5 cm³/mol. The third-order valence-corrected chi connectivity index (χ3v) is 3.87. The van der Waals surface area contributed by atoms with E-state index >= 15 is 0 Å². The van der Waals surface area contributed by atoms with Gasteiger partial charge in [-0.3, -0.25) is 19.7 Å². The molecule has 0 aliphatic carbocycles. The van der Waals surface area contributed by atoms with Crippen molar-refractivity contribution in [2.75, 3.05) is 10.6 Å². The van der Waals surface area contributed by atoms with Gasteiger partial charge in [0.05, 0.1) is 4.92 Å². The number of non-ortho nitro benzene ring substituents is 1. The SMILES string of the molecule is CCC(C)c1ccccc1NC(=O)C(=O)Nc1cccc([N+](=O)[O-])c1. The summed E-state index contributed by atoms with van der Waals surface area (Å²) in [4.78, 5) is 34.4. The van der Waals surface area contributed by atoms with Gasteiger partial charge in [0.15, 0.2) is 0 Å². The highest BCUT2D eigenvalue weighted by Gasteiger charge is 2.18. The zero-order chi connectivity index (χ0) is 18.4. The zero-order valence-corrected chi connectivity index (χ0v) is 14.0. The number of hydrogen-bond acceptors (Lipinski definition) is 4. The van der Waals surface area contributed by atoms with E-state index < -0.39 is 16.7 Å². The molecule has 0 heterocycles. The monoisotopic (exact) mass is 341 g/mol. The smallest absolute Gasteiger partial charge is 0.314 e. The molecule has 2 aromatic carbocycles. The molecule has 1 atom stereocenters. The summed E-state index contributed by atoms with van der Waals surface area (Å²) in [5.41, 5.74) is 1.54. The van der Waals surface area contributed by atoms with Crippen molar-refractivity contribution in [1.29, 1.82) is 0 Å². The number of nitrogens with one attached hydrogen (secondary N) is 2. The van der Waals surface area contributed by atoms with Crippen LogP contribution in [0.2, 0.25) is 0 Å². The molecule has 0 saturated heterocycles. The van der Waals surface area contributed by atoms with Crippen LogP contribution in [0.1, 0.15) is 31.7 Å². The second kappa shape index (κ2) is 8.05. The number of anilines is 2. The Kier molecular flexibility index (Phi) is 5.84. The lowest BCUT2D eigenvalue weighted by molar-refractivity contribution is -0.384. The minimum atomic E-state index is -0.889. The van der Waals surface area contributed by atoms with Gasteiger partial charge in [0.1, 0.15) is 0 Å². The van der Waals surface area contributed by atoms with Gasteiger partial charge in [0.2, 0.25) is 0 Å². The van der Waals surface area contributed by atoms with Crippen LogP contribution < -0.4 is 10.6 Å². The topological polar surface area (TPSA) is 101 Å². The molecule has 2 aromatic rings. The largest absolute Gasteiger partial charge is 0.318 e. The van der Waals surface area contributed by atoms with E-state index in [9.17, 15) is 19.7 Å². The fourth-order valence-electron chi connectivity index (χ4n) is 2.32. The molecule has 0 bridgehead atoms. The average Bonchev–Trinajstić information content (AvgIpc) is 2.61. The van der Waals surface area contributed by atoms with Crippen LogP contribution in [0.3, 0.4) is 0 Å². The first-order chi connectivity index (χ1) is 11.9. The molecule has 0 spiro atoms. The van der Waals surface area contributed by atoms with Crippen molar-refractivity contribution in [2.45, 2.75) is 26.2 Å². The maximum absolute atomic E-state index is 12.1. The molecule has 0 radical (unpaired) electrons. The van der Waals surface area contributed by atoms with Gasteiger partial charge in [-0.2, -0.15) is 0 Å². The number of rotatable bonds is 5. The van der Waals surface area contributed by atoms with Gasteiger partial charge in [-0.25, -0.2) is 0 Å². The van der Waals surface area contributed by atoms with Crippen molar-refractivity contribution in [2.24, 2.45) is 0 Å². The summed E-state index contributed by atoms with van der Waals surface area (Å²) in [5.74, 6) is -1.49. The lowest BCUT2D eigenvalue weighted by Crippen LogP contribution is -2.29. The van der Waals surface area contributed by atoms with Crippen molar-refractivity contribution in [3.8, 4) is 0 Å². The Morgan fingerprint density at radius 3 is 2.44 bits per heavy atom. The number of nitrogens with zero attached hydrogens (tertiary/aromatic N) is 1. The van der Waals surface area contributed by atoms with E-state index in [0.29, 0.717) is 5.69 Å². The van der Waals surface area contributed by atoms with Crippen LogP contribution in [0.25, 0.3) is 0 Å². The first-order valence-corrected chi connectivity index (χ1v) is 7.88. The van der Waals surface area contributed by atoms with E-state index in [1.807, 2.05) is 26.0 Å². The molecule has 0 aliphatic rings. The summed E-state index contributed by atoms with van der Waals surface area (Å²) in [6.07, 6.45) is 0.896. The second-order valence-electron chi connectivity index (χ2n) is 5.61. The summed E-state index contributed by atoms with van der Waals surface area (Å²) in [7, 11) is 0. The lowest BCUT2D eigenvalue weighted by Gasteiger charge is -2.15. The van der Waals surface area contributed by atoms with Gasteiger partial charge in [-0.15, -0.1) is 0 Å². The number of carbonyl (C=O) groups is 2. The quantitative estimate of drug-likeness (QED) is 0.492. The Morgan fingerprint density at radius 1 is 1.08 bits per heavy atom. The third-order valence-electron chi connectivity index (χ3n) is 3.87. The molecule has 1 unspecified atom stereocenters. The molecule has 25 heavy (non-hydrogen) atoms. The highest BCUT2D eigenvalue weighted by Crippen LogP contribution is 2.26. The third kappa shape index (κ3) is 4.63. The lowest BCUT2D eigenvalue weighted by atomic mass is 9.97. The first kappa shape index (κ1) is 18.1. The van der Waals surface area contributed by atoms with Crippen molar-refractivity contribution < 1.29 is 14.5 Å². The highest BCUT2D eigenvalue weighted by molar-refractivity contribution is 6.43. The highest BCUT2D eigenvalue weighted by atomic mass is 16.6. The molecule has 2 N–H and O–H groups in total. The fraction of sp³-hybridized carbons (Fsp3) is 0.222. The van der Waals surface area contributed by atoms with Gasteiger partial charge in [-0.05, 0) is 30.0 Å². The number of carbonyl (C=O) groups excluding carboxylic acids is 2. The second-order valence-corrected chi connectivity index (χ2v) is 5.61. The van der Waals surface area contributed by atoms with Crippen LogP contribution in [0.4, 0.5) is 17.1 Å². The van der Waals surface area contributed by atoms with E-state index in [-0.39, 0.29) is 17.3 Å². The van der Waals surface area contributed by atoms with Gasteiger partial charge >= 0.3 is 11.8 Å². The molecule has 0 saturated carbocycles. The van der Waals surface area contributed by atoms with Crippen LogP contribution in [-0.4, -0.2) is 16.7 Å². The van der Waals surface area contributed by atoms with E-state index in [0.717, 1.165) is 12.0 Å². The number of nitro benzene ring substituents is 1. The Hall–Kier alpha value is -3.22. The number of nitro groups is 1. The molecule has 0 aromatic heterocycles. The number of benzene rings is 2. The first-order valence-electron chi connectivity index (χ1n) is 7.88. The number of hydrogen-bond donors (Lipinski definition) is 2. The summed E-state index contributed by atoms with van der Waals surface area (Å²) in [5, 5.41) is 15.7. The zero-order valence-electron chi connectivity index (χ0n) is 14.0. The molecular weight excluding hydrogens is 322 g/mol. The van der Waals surface area contributed by atoms with Crippen molar-refractivity contribution in [1.82, 2.24) is 0 Å². The summed E-state index contributed by atoms with van der Waals surface area (Å²) in [6.45, 7) is 4.08.